The van der Waals surface area contributed by atoms with Crippen LogP contribution in [0.3, 0.4) is 0 Å². The molecule has 40 heavy (non-hydrogen) atoms. The third kappa shape index (κ3) is 5.12. The van der Waals surface area contributed by atoms with Crippen LogP contribution in [-0.2, 0) is 14.2 Å². The van der Waals surface area contributed by atoms with E-state index in [1.54, 1.807) is 0 Å². The maximum Gasteiger partial charge on any atom is 0.229 e. The van der Waals surface area contributed by atoms with Crippen molar-refractivity contribution in [1.82, 2.24) is 0 Å². The number of aliphatic hydroxyl groups is 6. The number of aromatic hydroxyl groups is 2. The first-order valence-corrected chi connectivity index (χ1v) is 12.2. The molecule has 0 unspecified atom stereocenters. The molecule has 0 radical (unpaired) electrons. The van der Waals surface area contributed by atoms with E-state index in [0.717, 1.165) is 6.07 Å². The van der Waals surface area contributed by atoms with Crippen LogP contribution in [0.25, 0.3) is 22.1 Å². The van der Waals surface area contributed by atoms with Gasteiger partial charge in [-0.2, -0.15) is 0 Å². The molecule has 1 aromatic heterocycles. The predicted molar refractivity (Wildman–Crippen MR) is 132 cm³/mol. The third-order valence-electron chi connectivity index (χ3n) is 6.93. The number of fused-ring (bicyclic) bond motifs is 1. The zero-order valence-electron chi connectivity index (χ0n) is 20.7. The van der Waals surface area contributed by atoms with Crippen molar-refractivity contribution < 1.29 is 64.2 Å². The van der Waals surface area contributed by atoms with Crippen molar-refractivity contribution in [3.05, 3.63) is 52.9 Å². The highest BCUT2D eigenvalue weighted by Crippen LogP contribution is 2.33. The number of rotatable bonds is 7. The van der Waals surface area contributed by atoms with Crippen molar-refractivity contribution in [2.45, 2.75) is 48.7 Å². The molecular weight excluding hydrogens is 536 g/mol. The molecule has 2 saturated heterocycles. The monoisotopic (exact) mass is 564 g/mol. The Balaban J connectivity index is 1.33. The maximum absolute atomic E-state index is 13.1. The Hall–Kier alpha value is -3.31. The number of benzene rings is 2. The molecule has 3 aromatic rings. The minimum absolute atomic E-state index is 0.00969. The van der Waals surface area contributed by atoms with E-state index in [1.165, 1.54) is 36.6 Å². The van der Waals surface area contributed by atoms with Crippen molar-refractivity contribution >= 4 is 11.0 Å². The van der Waals surface area contributed by atoms with Crippen molar-refractivity contribution in [2.24, 2.45) is 0 Å². The van der Waals surface area contributed by atoms with Crippen LogP contribution in [0.4, 0.5) is 0 Å². The van der Waals surface area contributed by atoms with E-state index in [2.05, 4.69) is 0 Å². The fourth-order valence-corrected chi connectivity index (χ4v) is 4.53. The molecule has 8 atom stereocenters. The number of phenols is 2. The summed E-state index contributed by atoms with van der Waals surface area (Å²) in [5.41, 5.74) is -1.96. The lowest BCUT2D eigenvalue weighted by Crippen LogP contribution is -2.60. The first kappa shape index (κ1) is 28.2. The summed E-state index contributed by atoms with van der Waals surface area (Å²) >= 11 is 0. The summed E-state index contributed by atoms with van der Waals surface area (Å²) in [4.78, 5) is 13.1. The molecule has 14 heteroatoms. The zero-order chi connectivity index (χ0) is 28.8. The van der Waals surface area contributed by atoms with E-state index in [-0.39, 0.29) is 28.0 Å². The second kappa shape index (κ2) is 10.9. The number of ether oxygens (including phenoxy) is 4. The van der Waals surface area contributed by atoms with Crippen LogP contribution in [0.1, 0.15) is 0 Å². The predicted octanol–water partition coefficient (Wildman–Crippen LogP) is -1.49. The minimum Gasteiger partial charge on any atom is -0.508 e. The molecule has 0 amide bonds. The van der Waals surface area contributed by atoms with Gasteiger partial charge in [-0.25, -0.2) is 0 Å². The van der Waals surface area contributed by atoms with Crippen LogP contribution in [0.5, 0.6) is 17.2 Å². The highest BCUT2D eigenvalue weighted by Gasteiger charge is 2.50. The molecule has 8 N–H and O–H groups in total. The largest absolute Gasteiger partial charge is 0.508 e. The Morgan fingerprint density at radius 1 is 0.975 bits per heavy atom. The molecule has 2 aromatic carbocycles. The lowest BCUT2D eigenvalue weighted by atomic mass is 9.99. The van der Waals surface area contributed by atoms with Gasteiger partial charge in [0.1, 0.15) is 70.6 Å². The lowest BCUT2D eigenvalue weighted by Gasteiger charge is -2.40. The molecule has 0 spiro atoms. The minimum atomic E-state index is -1.93. The topological polar surface area (TPSA) is 229 Å². The molecule has 0 bridgehead atoms. The maximum atomic E-state index is 13.1. The van der Waals surface area contributed by atoms with Crippen molar-refractivity contribution in [2.75, 3.05) is 19.8 Å². The Morgan fingerprint density at radius 2 is 1.70 bits per heavy atom. The van der Waals surface area contributed by atoms with Gasteiger partial charge in [-0.15, -0.1) is 0 Å². The Kier molecular flexibility index (Phi) is 7.71. The van der Waals surface area contributed by atoms with Gasteiger partial charge in [0.2, 0.25) is 11.7 Å². The molecule has 0 aliphatic carbocycles. The number of hydrogen-bond donors (Lipinski definition) is 8. The summed E-state index contributed by atoms with van der Waals surface area (Å²) in [7, 11) is 0. The highest BCUT2D eigenvalue weighted by molar-refractivity contribution is 5.88. The number of hydrogen-bond acceptors (Lipinski definition) is 14. The second-order valence-corrected chi connectivity index (χ2v) is 9.69. The molecule has 2 aliphatic rings. The SMILES string of the molecule is O=c1c(-c2ccc(O)cc2)coc2cc(O[C@@H]3O[C@H](CO[C@@H]4OC[C@@](O)(CO)[C@@H]4O)[C@@H](O)[C@H](O)[C@H]3O)cc(O)c12. The summed E-state index contributed by atoms with van der Waals surface area (Å²) in [6.45, 7) is -1.67. The lowest BCUT2D eigenvalue weighted by molar-refractivity contribution is -0.289. The van der Waals surface area contributed by atoms with Gasteiger partial charge in [0.05, 0.1) is 25.4 Å². The van der Waals surface area contributed by atoms with Gasteiger partial charge < -0.3 is 64.2 Å². The average Bonchev–Trinajstić information content (AvgIpc) is 3.22. The molecule has 2 aliphatic heterocycles. The molecule has 14 nitrogen and oxygen atoms in total. The van der Waals surface area contributed by atoms with Crippen LogP contribution in [0.2, 0.25) is 0 Å². The van der Waals surface area contributed by atoms with E-state index in [4.69, 9.17) is 23.4 Å². The molecule has 0 saturated carbocycles. The normalized spacial score (nSPS) is 32.4. The van der Waals surface area contributed by atoms with E-state index in [9.17, 15) is 45.6 Å². The van der Waals surface area contributed by atoms with Gasteiger partial charge in [0, 0.05) is 12.1 Å². The standard InChI is InChI=1S/C26H28O14/c27-9-26(35)10-38-25(23(26)34)37-8-17-20(31)21(32)22(33)24(40-17)39-13-5-15(29)18-16(6-13)36-7-14(19(18)30)11-1-3-12(28)4-2-11/h1-7,17,20-25,27-29,31-35H,8-10H2/t17-,20-,21+,22-,23-,24-,25-,26+/m1/s1. The van der Waals surface area contributed by atoms with Crippen LogP contribution < -0.4 is 10.2 Å². The molecule has 2 fully saturated rings. The summed E-state index contributed by atoms with van der Waals surface area (Å²) in [6.07, 6.45) is -9.84. The zero-order valence-corrected chi connectivity index (χ0v) is 20.7. The van der Waals surface area contributed by atoms with Gasteiger partial charge in [-0.1, -0.05) is 12.1 Å². The Morgan fingerprint density at radius 3 is 2.38 bits per heavy atom. The first-order valence-electron chi connectivity index (χ1n) is 12.2. The van der Waals surface area contributed by atoms with Crippen molar-refractivity contribution in [3.63, 3.8) is 0 Å². The molecule has 3 heterocycles. The highest BCUT2D eigenvalue weighted by atomic mass is 16.7. The second-order valence-electron chi connectivity index (χ2n) is 9.69. The van der Waals surface area contributed by atoms with Crippen LogP contribution in [-0.4, -0.2) is 109 Å². The third-order valence-corrected chi connectivity index (χ3v) is 6.93. The Bertz CT molecular complexity index is 1410. The summed E-state index contributed by atoms with van der Waals surface area (Å²) < 4.78 is 27.2. The summed E-state index contributed by atoms with van der Waals surface area (Å²) in [6, 6.07) is 8.15. The fraction of sp³-hybridized carbons (Fsp3) is 0.423. The number of phenolic OH excluding ortho intramolecular Hbond substituents is 2. The van der Waals surface area contributed by atoms with Gasteiger partial charge in [-0.05, 0) is 17.7 Å². The van der Waals surface area contributed by atoms with Crippen LogP contribution in [0, 0.1) is 0 Å². The smallest absolute Gasteiger partial charge is 0.229 e. The van der Waals surface area contributed by atoms with Gasteiger partial charge >= 0.3 is 0 Å². The van der Waals surface area contributed by atoms with Crippen LogP contribution >= 0.6 is 0 Å². The van der Waals surface area contributed by atoms with Gasteiger partial charge in [0.15, 0.2) is 6.29 Å². The Labute approximate surface area is 225 Å². The fourth-order valence-electron chi connectivity index (χ4n) is 4.53. The van der Waals surface area contributed by atoms with E-state index < -0.39 is 79.7 Å². The average molecular weight is 564 g/mol. The van der Waals surface area contributed by atoms with Gasteiger partial charge in [-0.3, -0.25) is 4.79 Å². The quantitative estimate of drug-likeness (QED) is 0.164. The van der Waals surface area contributed by atoms with Gasteiger partial charge in [0.25, 0.3) is 0 Å². The molecular formula is C26H28O14. The van der Waals surface area contributed by atoms with E-state index in [1.807, 2.05) is 0 Å². The number of aliphatic hydroxyl groups excluding tert-OH is 5. The summed E-state index contributed by atoms with van der Waals surface area (Å²) in [5, 5.41) is 80.6. The summed E-state index contributed by atoms with van der Waals surface area (Å²) in [5.74, 6) is -0.604. The van der Waals surface area contributed by atoms with E-state index >= 15 is 0 Å². The molecule has 216 valence electrons. The van der Waals surface area contributed by atoms with Crippen molar-refractivity contribution in [3.8, 4) is 28.4 Å². The first-order chi connectivity index (χ1) is 19.0. The van der Waals surface area contributed by atoms with E-state index in [0.29, 0.717) is 5.56 Å². The van der Waals surface area contributed by atoms with Crippen LogP contribution in [0.15, 0.2) is 51.9 Å². The van der Waals surface area contributed by atoms with Crippen molar-refractivity contribution in [1.29, 1.82) is 0 Å². The molecule has 5 rings (SSSR count).